The maximum absolute atomic E-state index is 5.95. The number of hydrogen-bond acceptors (Lipinski definition) is 1. The monoisotopic (exact) mass is 958 g/mol. The van der Waals surface area contributed by atoms with Crippen LogP contribution in [-0.2, 0) is 0 Å². The summed E-state index contributed by atoms with van der Waals surface area (Å²) in [6.07, 6.45) is 44.5. The molecule has 3 aliphatic carbocycles. The van der Waals surface area contributed by atoms with Gasteiger partial charge in [0.05, 0.1) is 11.4 Å². The number of terminal acetylenes is 1. The molecule has 0 spiro atoms. The molecule has 2 bridgehead atoms. The molecule has 0 aromatic heterocycles. The topological polar surface area (TPSA) is 12.4 Å². The molecule has 0 saturated carbocycles. The van der Waals surface area contributed by atoms with Crippen LogP contribution in [0.3, 0.4) is 0 Å². The van der Waals surface area contributed by atoms with E-state index in [0.717, 1.165) is 101 Å². The molecule has 1 nitrogen and oxygen atoms in total. The number of rotatable bonds is 19. The first-order chi connectivity index (χ1) is 34.8. The van der Waals surface area contributed by atoms with E-state index in [2.05, 4.69) is 210 Å². The van der Waals surface area contributed by atoms with Gasteiger partial charge in [-0.2, -0.15) is 0 Å². The summed E-state index contributed by atoms with van der Waals surface area (Å²) in [6.45, 7) is 34.6. The third-order valence-corrected chi connectivity index (χ3v) is 17.3. The van der Waals surface area contributed by atoms with Gasteiger partial charge in [-0.3, -0.25) is 0 Å². The Balaban J connectivity index is 1.40. The third-order valence-electron chi connectivity index (χ3n) is 17.3. The van der Waals surface area contributed by atoms with Crippen LogP contribution >= 0.6 is 0 Å². The smallest absolute Gasteiger partial charge is 0.0734 e. The Hall–Kier alpha value is -5.37. The lowest BCUT2D eigenvalue weighted by Crippen LogP contribution is -2.27. The molecule has 6 rings (SSSR count). The molecule has 380 valence electrons. The highest BCUT2D eigenvalue weighted by Crippen LogP contribution is 2.51. The average Bonchev–Trinajstić information content (AvgIpc) is 3.47. The Bertz CT molecular complexity index is 2640. The van der Waals surface area contributed by atoms with Gasteiger partial charge in [0, 0.05) is 23.2 Å². The molecule has 0 radical (unpaired) electrons. The van der Waals surface area contributed by atoms with E-state index < -0.39 is 0 Å². The summed E-state index contributed by atoms with van der Waals surface area (Å²) >= 11 is 0. The van der Waals surface area contributed by atoms with Crippen LogP contribution in [0.5, 0.6) is 0 Å². The van der Waals surface area contributed by atoms with Crippen LogP contribution in [0.25, 0.3) is 11.1 Å². The SMILES string of the molecule is C#CC(C)=CCC(C)C(C)C1/C=C(/CC)C(C(/C=C\CC)=C/C)=NC(C2=CCCCC2(C)C(C=C)=CC(CCC)CC2C#CC3CC(=CC2)C(CC)C(C=C)c2cc(C)c(-c4ccccc4)cc23)=C(C)CC1. The van der Waals surface area contributed by atoms with Gasteiger partial charge in [0.25, 0.3) is 0 Å². The van der Waals surface area contributed by atoms with Gasteiger partial charge < -0.3 is 0 Å². The van der Waals surface area contributed by atoms with E-state index in [1.54, 1.807) is 5.57 Å². The fraction of sp³-hybridized carbons (Fsp3) is 0.479. The van der Waals surface area contributed by atoms with Gasteiger partial charge in [0.1, 0.15) is 0 Å². The van der Waals surface area contributed by atoms with Crippen molar-refractivity contribution in [3.8, 4) is 35.3 Å². The second-order valence-electron chi connectivity index (χ2n) is 22.1. The van der Waals surface area contributed by atoms with Gasteiger partial charge in [0.2, 0.25) is 0 Å². The van der Waals surface area contributed by atoms with E-state index in [9.17, 15) is 0 Å². The van der Waals surface area contributed by atoms with Crippen LogP contribution in [0.2, 0.25) is 0 Å². The zero-order chi connectivity index (χ0) is 52.0. The molecule has 72 heavy (non-hydrogen) atoms. The summed E-state index contributed by atoms with van der Waals surface area (Å²) in [5.41, 5.74) is 18.1. The maximum Gasteiger partial charge on any atom is 0.0734 e. The van der Waals surface area contributed by atoms with Gasteiger partial charge in [-0.1, -0.05) is 182 Å². The minimum Gasteiger partial charge on any atom is -0.248 e. The summed E-state index contributed by atoms with van der Waals surface area (Å²) in [5.74, 6) is 13.7. The van der Waals surface area contributed by atoms with Gasteiger partial charge in [-0.15, -0.1) is 13.0 Å². The first kappa shape index (κ1) is 55.9. The number of fused-ring (bicyclic) bond motifs is 4. The zero-order valence-electron chi connectivity index (χ0n) is 46.8. The highest BCUT2D eigenvalue weighted by molar-refractivity contribution is 6.14. The number of benzene rings is 2. The zero-order valence-corrected chi connectivity index (χ0v) is 46.8. The Kier molecular flexibility index (Phi) is 20.6. The molecular formula is C71H91N. The second-order valence-corrected chi connectivity index (χ2v) is 22.1. The van der Waals surface area contributed by atoms with E-state index in [4.69, 9.17) is 11.4 Å². The van der Waals surface area contributed by atoms with Crippen molar-refractivity contribution in [2.45, 2.75) is 178 Å². The molecule has 9 atom stereocenters. The standard InChI is InChI=1S/C71H91N/c1-15-23-30-56(18-4)70-57(19-5)46-59(53(13)50(10)35-34-49(9)17-3)39-36-51(11)69(72-70)68-33-27-28-42-71(68,14)62(20-6)45-55(29-16-2)44-54-37-40-60-47-61(41-38-54)66-48-65(58-31-25-24-26-32-58)52(12)43-67(66)64(22-8)63(60)21-7/h3,18,20,22-26,30-34,40,43,45-46,48,50,53-55,59,61,63-64H,6,8,15-16,19,21,27-29,35-37,39,42,44,47H2,1-2,4-5,7,9-14H3/b30-23-,49-34?,56-18+,57-46-,60-40?,62-45?,69-51?,72-70?. The maximum atomic E-state index is 5.95. The molecule has 1 aliphatic heterocycles. The van der Waals surface area contributed by atoms with Crippen LogP contribution in [0.4, 0.5) is 0 Å². The fourth-order valence-corrected chi connectivity index (χ4v) is 12.6. The summed E-state index contributed by atoms with van der Waals surface area (Å²) in [6, 6.07) is 15.9. The second kappa shape index (κ2) is 26.5. The van der Waals surface area contributed by atoms with Crippen molar-refractivity contribution in [3.63, 3.8) is 0 Å². The van der Waals surface area contributed by atoms with Crippen molar-refractivity contribution in [2.24, 2.45) is 45.9 Å². The highest BCUT2D eigenvalue weighted by atomic mass is 14.8. The van der Waals surface area contributed by atoms with Crippen LogP contribution in [0.15, 0.2) is 166 Å². The molecule has 0 amide bonds. The quantitative estimate of drug-likeness (QED) is 0.0756. The Labute approximate surface area is 440 Å². The van der Waals surface area contributed by atoms with Crippen LogP contribution in [0, 0.1) is 72.0 Å². The number of aliphatic imine (C=N–C) groups is 1. The van der Waals surface area contributed by atoms with Crippen molar-refractivity contribution >= 4 is 5.71 Å². The van der Waals surface area contributed by atoms with E-state index >= 15 is 0 Å². The van der Waals surface area contributed by atoms with E-state index in [-0.39, 0.29) is 23.2 Å². The van der Waals surface area contributed by atoms with E-state index in [1.165, 1.54) is 61.4 Å². The first-order valence-corrected chi connectivity index (χ1v) is 28.3. The molecule has 0 fully saturated rings. The molecular weight excluding hydrogens is 867 g/mol. The third kappa shape index (κ3) is 13.0. The van der Waals surface area contributed by atoms with Crippen LogP contribution in [-0.4, -0.2) is 5.71 Å². The Morgan fingerprint density at radius 1 is 1.03 bits per heavy atom. The van der Waals surface area contributed by atoms with E-state index in [0.29, 0.717) is 29.6 Å². The normalized spacial score (nSPS) is 26.2. The van der Waals surface area contributed by atoms with Crippen molar-refractivity contribution in [3.05, 3.63) is 178 Å². The van der Waals surface area contributed by atoms with Gasteiger partial charge in [-0.05, 0) is 208 Å². The fourth-order valence-electron chi connectivity index (χ4n) is 12.6. The highest BCUT2D eigenvalue weighted by Gasteiger charge is 2.38. The van der Waals surface area contributed by atoms with Crippen molar-refractivity contribution in [2.75, 3.05) is 0 Å². The number of allylic oxidation sites excluding steroid dienone is 17. The first-order valence-electron chi connectivity index (χ1n) is 28.3. The lowest BCUT2D eigenvalue weighted by Gasteiger charge is -2.39. The Morgan fingerprint density at radius 2 is 1.81 bits per heavy atom. The lowest BCUT2D eigenvalue weighted by atomic mass is 9.66. The number of hydrogen-bond donors (Lipinski definition) is 0. The summed E-state index contributed by atoms with van der Waals surface area (Å²) < 4.78 is 0. The van der Waals surface area contributed by atoms with Crippen molar-refractivity contribution in [1.82, 2.24) is 0 Å². The minimum absolute atomic E-state index is 0.162. The molecule has 2 aromatic rings. The summed E-state index contributed by atoms with van der Waals surface area (Å²) in [4.78, 5) is 5.95. The largest absolute Gasteiger partial charge is 0.248 e. The molecule has 1 heterocycles. The number of aryl methyl sites for hydroxylation is 1. The molecule has 0 saturated heterocycles. The van der Waals surface area contributed by atoms with E-state index in [1.807, 2.05) is 0 Å². The molecule has 9 unspecified atom stereocenters. The van der Waals surface area contributed by atoms with Crippen LogP contribution in [0.1, 0.15) is 188 Å². The Morgan fingerprint density at radius 3 is 2.47 bits per heavy atom. The number of nitrogens with zero attached hydrogens (tertiary/aromatic N) is 1. The molecule has 2 aromatic carbocycles. The van der Waals surface area contributed by atoms with Gasteiger partial charge in [-0.25, -0.2) is 4.99 Å². The van der Waals surface area contributed by atoms with Gasteiger partial charge in [0.15, 0.2) is 0 Å². The molecule has 4 aliphatic rings. The van der Waals surface area contributed by atoms with Crippen LogP contribution < -0.4 is 0 Å². The predicted molar refractivity (Wildman–Crippen MR) is 316 cm³/mol. The molecule has 1 heteroatoms. The predicted octanol–water partition coefficient (Wildman–Crippen LogP) is 20.0. The van der Waals surface area contributed by atoms with Crippen molar-refractivity contribution < 1.29 is 0 Å². The summed E-state index contributed by atoms with van der Waals surface area (Å²) in [7, 11) is 0. The van der Waals surface area contributed by atoms with Gasteiger partial charge >= 0.3 is 0 Å². The summed E-state index contributed by atoms with van der Waals surface area (Å²) in [5, 5.41) is 0. The van der Waals surface area contributed by atoms with Crippen molar-refractivity contribution in [1.29, 1.82) is 0 Å². The average molecular weight is 959 g/mol. The minimum atomic E-state index is -0.227. The lowest BCUT2D eigenvalue weighted by molar-refractivity contribution is 0.292. The molecule has 0 N–H and O–H groups in total.